The Hall–Kier alpha value is -1.69. The average Bonchev–Trinajstić information content (AvgIpc) is 2.85. The maximum Gasteiger partial charge on any atom is 0.159 e. The van der Waals surface area contributed by atoms with Crippen molar-refractivity contribution in [2.75, 3.05) is 0 Å². The number of fused-ring (bicyclic) bond motifs is 5. The highest BCUT2D eigenvalue weighted by atomic mass is 16.1. The van der Waals surface area contributed by atoms with Crippen molar-refractivity contribution in [2.45, 2.75) is 58.3 Å². The van der Waals surface area contributed by atoms with Gasteiger partial charge in [-0.25, -0.2) is 0 Å². The van der Waals surface area contributed by atoms with Crippen LogP contribution >= 0.6 is 0 Å². The molecule has 0 bridgehead atoms. The van der Waals surface area contributed by atoms with Gasteiger partial charge in [-0.05, 0) is 49.5 Å². The van der Waals surface area contributed by atoms with E-state index in [1.54, 1.807) is 6.08 Å². The molecule has 3 heteroatoms. The van der Waals surface area contributed by atoms with Crippen molar-refractivity contribution < 1.29 is 14.4 Å². The van der Waals surface area contributed by atoms with Crippen LogP contribution in [0.15, 0.2) is 11.6 Å². The Morgan fingerprint density at radius 1 is 1.17 bits per heavy atom. The predicted molar refractivity (Wildman–Crippen MR) is 89.9 cm³/mol. The molecule has 126 valence electrons. The van der Waals surface area contributed by atoms with Gasteiger partial charge in [-0.3, -0.25) is 14.4 Å². The lowest BCUT2D eigenvalue weighted by Gasteiger charge is -2.56. The van der Waals surface area contributed by atoms with Crippen LogP contribution in [0.25, 0.3) is 0 Å². The molecular weight excluding hydrogens is 300 g/mol. The molecule has 4 aliphatic carbocycles. The van der Waals surface area contributed by atoms with Gasteiger partial charge in [0.05, 0.1) is 0 Å². The van der Waals surface area contributed by atoms with Crippen molar-refractivity contribution in [3.8, 4) is 12.3 Å². The Kier molecular flexibility index (Phi) is 3.39. The Labute approximate surface area is 143 Å². The highest BCUT2D eigenvalue weighted by molar-refractivity contribution is 6.06. The molecule has 5 atom stereocenters. The maximum atomic E-state index is 12.9. The van der Waals surface area contributed by atoms with Crippen LogP contribution in [0, 0.1) is 40.9 Å². The zero-order valence-corrected chi connectivity index (χ0v) is 14.3. The van der Waals surface area contributed by atoms with Gasteiger partial charge in [-0.1, -0.05) is 6.92 Å². The van der Waals surface area contributed by atoms with Crippen LogP contribution in [-0.2, 0) is 14.4 Å². The van der Waals surface area contributed by atoms with E-state index in [9.17, 15) is 14.4 Å². The molecule has 0 heterocycles. The summed E-state index contributed by atoms with van der Waals surface area (Å²) in [5.74, 6) is 4.24. The van der Waals surface area contributed by atoms with Crippen molar-refractivity contribution in [2.24, 2.45) is 28.6 Å². The molecule has 0 radical (unpaired) electrons. The van der Waals surface area contributed by atoms with Crippen molar-refractivity contribution in [1.82, 2.24) is 0 Å². The van der Waals surface area contributed by atoms with E-state index in [0.29, 0.717) is 55.3 Å². The average molecular weight is 324 g/mol. The van der Waals surface area contributed by atoms with E-state index in [0.717, 1.165) is 19.3 Å². The first kappa shape index (κ1) is 15.8. The summed E-state index contributed by atoms with van der Waals surface area (Å²) in [6.07, 6.45) is 12.9. The minimum absolute atomic E-state index is 0.0566. The van der Waals surface area contributed by atoms with Crippen molar-refractivity contribution in [3.63, 3.8) is 0 Å². The third-order valence-electron chi connectivity index (χ3n) is 7.65. The second-order valence-electron chi connectivity index (χ2n) is 8.48. The first-order valence-corrected chi connectivity index (χ1v) is 9.17. The zero-order chi connectivity index (χ0) is 17.1. The first-order valence-electron chi connectivity index (χ1n) is 9.17. The first-order chi connectivity index (χ1) is 11.4. The zero-order valence-electron chi connectivity index (χ0n) is 14.3. The topological polar surface area (TPSA) is 51.2 Å². The summed E-state index contributed by atoms with van der Waals surface area (Å²) in [5.41, 5.74) is 0.131. The lowest BCUT2D eigenvalue weighted by Crippen LogP contribution is -2.54. The second-order valence-corrected chi connectivity index (χ2v) is 8.48. The second kappa shape index (κ2) is 5.15. The molecule has 0 unspecified atom stereocenters. The lowest BCUT2D eigenvalue weighted by atomic mass is 9.46. The highest BCUT2D eigenvalue weighted by Crippen LogP contribution is 2.64. The largest absolute Gasteiger partial charge is 0.299 e. The molecule has 0 amide bonds. The van der Waals surface area contributed by atoms with Crippen molar-refractivity contribution in [3.05, 3.63) is 11.6 Å². The summed E-state index contributed by atoms with van der Waals surface area (Å²) in [4.78, 5) is 37.3. The van der Waals surface area contributed by atoms with E-state index in [-0.39, 0.29) is 28.3 Å². The van der Waals surface area contributed by atoms with Crippen LogP contribution in [0.4, 0.5) is 0 Å². The minimum Gasteiger partial charge on any atom is -0.299 e. The van der Waals surface area contributed by atoms with E-state index < -0.39 is 0 Å². The van der Waals surface area contributed by atoms with Crippen LogP contribution in [0.1, 0.15) is 58.3 Å². The number of hydrogen-bond donors (Lipinski definition) is 0. The molecule has 3 nitrogen and oxygen atoms in total. The van der Waals surface area contributed by atoms with Crippen LogP contribution in [0.3, 0.4) is 0 Å². The van der Waals surface area contributed by atoms with E-state index in [4.69, 9.17) is 6.42 Å². The van der Waals surface area contributed by atoms with Crippen molar-refractivity contribution >= 4 is 17.3 Å². The molecule has 4 aliphatic rings. The number of rotatable bonds is 1. The summed E-state index contributed by atoms with van der Waals surface area (Å²) in [5, 5.41) is 0. The fourth-order valence-electron chi connectivity index (χ4n) is 6.45. The Morgan fingerprint density at radius 3 is 2.71 bits per heavy atom. The van der Waals surface area contributed by atoms with Gasteiger partial charge < -0.3 is 0 Å². The smallest absolute Gasteiger partial charge is 0.159 e. The fourth-order valence-corrected chi connectivity index (χ4v) is 6.45. The fraction of sp³-hybridized carbons (Fsp3) is 0.667. The molecule has 0 aliphatic heterocycles. The minimum atomic E-state index is -0.324. The molecule has 24 heavy (non-hydrogen) atoms. The normalized spacial score (nSPS) is 44.2. The summed E-state index contributed by atoms with van der Waals surface area (Å²) >= 11 is 0. The predicted octanol–water partition coefficient (Wildman–Crippen LogP) is 3.27. The highest BCUT2D eigenvalue weighted by Gasteiger charge is 2.61. The molecule has 0 N–H and O–H groups in total. The third kappa shape index (κ3) is 1.89. The molecule has 3 saturated carbocycles. The number of carbonyl (C=O) groups is 3. The van der Waals surface area contributed by atoms with E-state index in [1.807, 2.05) is 0 Å². The quantitative estimate of drug-likeness (QED) is 0.696. The number of hydrogen-bond acceptors (Lipinski definition) is 3. The monoisotopic (exact) mass is 324 g/mol. The van der Waals surface area contributed by atoms with Gasteiger partial charge in [-0.2, -0.15) is 0 Å². The van der Waals surface area contributed by atoms with Gasteiger partial charge in [-0.15, -0.1) is 12.3 Å². The van der Waals surface area contributed by atoms with Crippen LogP contribution in [-0.4, -0.2) is 17.3 Å². The summed E-state index contributed by atoms with van der Waals surface area (Å²) in [6.45, 7) is 2.11. The number of Topliss-reactive ketones (excluding diaryl/α,β-unsaturated/α-hetero) is 2. The Bertz CT molecular complexity index is 709. The summed E-state index contributed by atoms with van der Waals surface area (Å²) in [6, 6.07) is 0. The molecule has 0 aromatic heterocycles. The molecular formula is C21H24O3. The Balaban J connectivity index is 1.80. The molecule has 0 spiro atoms. The van der Waals surface area contributed by atoms with E-state index in [1.165, 1.54) is 0 Å². The van der Waals surface area contributed by atoms with Gasteiger partial charge in [0.15, 0.2) is 11.6 Å². The Morgan fingerprint density at radius 2 is 1.96 bits per heavy atom. The maximum absolute atomic E-state index is 12.9. The van der Waals surface area contributed by atoms with Crippen LogP contribution in [0.5, 0.6) is 0 Å². The number of allylic oxidation sites excluding steroid dienone is 1. The van der Waals surface area contributed by atoms with E-state index in [2.05, 4.69) is 12.8 Å². The summed E-state index contributed by atoms with van der Waals surface area (Å²) < 4.78 is 0. The lowest BCUT2D eigenvalue weighted by molar-refractivity contribution is -0.138. The number of carbonyl (C=O) groups excluding carboxylic acids is 3. The van der Waals surface area contributed by atoms with Crippen LogP contribution in [0.2, 0.25) is 0 Å². The number of ketones is 3. The van der Waals surface area contributed by atoms with E-state index >= 15 is 0 Å². The van der Waals surface area contributed by atoms with Gasteiger partial charge >= 0.3 is 0 Å². The van der Waals surface area contributed by atoms with Gasteiger partial charge in [0, 0.05) is 42.1 Å². The molecule has 4 rings (SSSR count). The van der Waals surface area contributed by atoms with Gasteiger partial charge in [0.25, 0.3) is 0 Å². The third-order valence-corrected chi connectivity index (χ3v) is 7.65. The van der Waals surface area contributed by atoms with Crippen molar-refractivity contribution in [1.29, 1.82) is 0 Å². The van der Waals surface area contributed by atoms with Crippen LogP contribution < -0.4 is 0 Å². The van der Waals surface area contributed by atoms with Gasteiger partial charge in [0.2, 0.25) is 0 Å². The number of terminal acetylenes is 1. The molecule has 0 aromatic carbocycles. The molecule has 0 aromatic rings. The molecule has 0 saturated heterocycles. The molecule has 3 fully saturated rings. The SMILES string of the molecule is C#CC[C@]12CCC(=O)C=C1C(=O)C[C@@H]1[C@@H]2CC[C@]2(C)C(=O)CC[C@@H]12. The standard InChI is InChI=1S/C21H24O3/c1-3-8-21-10-6-13(22)11-17(21)18(23)12-14-15-4-5-19(24)20(15,2)9-7-16(14)21/h1,11,14-16H,4-10,12H2,2H3/t14-,15-,16-,20-,21+/m0/s1. The summed E-state index contributed by atoms with van der Waals surface area (Å²) in [7, 11) is 0. The van der Waals surface area contributed by atoms with Gasteiger partial charge in [0.1, 0.15) is 5.78 Å².